The maximum Gasteiger partial charge on any atom is 0.243 e. The summed E-state index contributed by atoms with van der Waals surface area (Å²) in [6, 6.07) is 13.0. The molecule has 0 spiro atoms. The minimum atomic E-state index is -0.378. The van der Waals surface area contributed by atoms with Crippen LogP contribution in [0.1, 0.15) is 23.6 Å². The molecule has 144 valence electrons. The quantitative estimate of drug-likeness (QED) is 0.764. The first-order valence-corrected chi connectivity index (χ1v) is 9.24. The fourth-order valence-electron chi connectivity index (χ4n) is 2.77. The van der Waals surface area contributed by atoms with Crippen molar-refractivity contribution in [2.24, 2.45) is 0 Å². The lowest BCUT2D eigenvalue weighted by molar-refractivity contribution is -0.127. The van der Waals surface area contributed by atoms with Gasteiger partial charge in [-0.05, 0) is 56.6 Å². The van der Waals surface area contributed by atoms with Crippen LogP contribution < -0.4 is 10.6 Å². The fraction of sp³-hybridized carbons (Fsp3) is 0.333. The van der Waals surface area contributed by atoms with E-state index in [1.165, 1.54) is 0 Å². The van der Waals surface area contributed by atoms with E-state index < -0.39 is 0 Å². The molecule has 0 heterocycles. The highest BCUT2D eigenvalue weighted by molar-refractivity contribution is 6.30. The van der Waals surface area contributed by atoms with Crippen molar-refractivity contribution in [1.29, 1.82) is 0 Å². The van der Waals surface area contributed by atoms with Crippen LogP contribution in [-0.2, 0) is 16.1 Å². The van der Waals surface area contributed by atoms with E-state index in [0.29, 0.717) is 11.6 Å². The number of halogens is 1. The van der Waals surface area contributed by atoms with Crippen molar-refractivity contribution >= 4 is 29.1 Å². The molecule has 0 radical (unpaired) electrons. The molecule has 0 aliphatic heterocycles. The Morgan fingerprint density at radius 2 is 1.74 bits per heavy atom. The normalized spacial score (nSPS) is 11.9. The average Bonchev–Trinajstić information content (AvgIpc) is 2.62. The predicted molar refractivity (Wildman–Crippen MR) is 110 cm³/mol. The number of para-hydroxylation sites is 1. The molecule has 5 nitrogen and oxygen atoms in total. The Morgan fingerprint density at radius 3 is 2.37 bits per heavy atom. The zero-order valence-electron chi connectivity index (χ0n) is 16.2. The van der Waals surface area contributed by atoms with Gasteiger partial charge in [-0.3, -0.25) is 14.5 Å². The first-order chi connectivity index (χ1) is 12.8. The van der Waals surface area contributed by atoms with E-state index >= 15 is 0 Å². The zero-order valence-corrected chi connectivity index (χ0v) is 16.9. The topological polar surface area (TPSA) is 61.4 Å². The Bertz CT molecular complexity index is 803. The summed E-state index contributed by atoms with van der Waals surface area (Å²) in [5.41, 5.74) is 3.80. The van der Waals surface area contributed by atoms with Gasteiger partial charge in [0.1, 0.15) is 0 Å². The van der Waals surface area contributed by atoms with Crippen molar-refractivity contribution in [3.05, 3.63) is 64.2 Å². The van der Waals surface area contributed by atoms with E-state index in [2.05, 4.69) is 10.6 Å². The van der Waals surface area contributed by atoms with Gasteiger partial charge in [0.25, 0.3) is 0 Å². The van der Waals surface area contributed by atoms with E-state index in [4.69, 9.17) is 11.6 Å². The summed E-state index contributed by atoms with van der Waals surface area (Å²) < 4.78 is 0. The van der Waals surface area contributed by atoms with Gasteiger partial charge in [-0.1, -0.05) is 41.9 Å². The number of hydrogen-bond donors (Lipinski definition) is 2. The second-order valence-electron chi connectivity index (χ2n) is 6.75. The molecule has 2 rings (SSSR count). The van der Waals surface area contributed by atoms with Crippen molar-refractivity contribution in [1.82, 2.24) is 10.2 Å². The lowest BCUT2D eigenvalue weighted by Gasteiger charge is -2.24. The summed E-state index contributed by atoms with van der Waals surface area (Å²) in [5.74, 6) is -0.443. The molecule has 0 bridgehead atoms. The van der Waals surface area contributed by atoms with E-state index in [-0.39, 0.29) is 24.4 Å². The van der Waals surface area contributed by atoms with Gasteiger partial charge in [-0.15, -0.1) is 0 Å². The molecule has 1 unspecified atom stereocenters. The average molecular weight is 388 g/mol. The van der Waals surface area contributed by atoms with Crippen molar-refractivity contribution in [2.45, 2.75) is 33.4 Å². The first kappa shape index (κ1) is 20.9. The Labute approximate surface area is 165 Å². The van der Waals surface area contributed by atoms with Gasteiger partial charge in [-0.25, -0.2) is 0 Å². The van der Waals surface area contributed by atoms with Crippen LogP contribution in [0.4, 0.5) is 5.69 Å². The summed E-state index contributed by atoms with van der Waals surface area (Å²) >= 11 is 6.00. The largest absolute Gasteiger partial charge is 0.346 e. The number of rotatable bonds is 7. The highest BCUT2D eigenvalue weighted by Gasteiger charge is 2.19. The summed E-state index contributed by atoms with van der Waals surface area (Å²) in [7, 11) is 1.86. The highest BCUT2D eigenvalue weighted by Crippen LogP contribution is 2.19. The van der Waals surface area contributed by atoms with E-state index in [9.17, 15) is 9.59 Å². The number of nitrogens with one attached hydrogen (secondary N) is 2. The molecule has 0 aliphatic carbocycles. The number of hydrogen-bond acceptors (Lipinski definition) is 3. The third-order valence-electron chi connectivity index (χ3n) is 4.53. The van der Waals surface area contributed by atoms with Gasteiger partial charge < -0.3 is 10.6 Å². The summed E-state index contributed by atoms with van der Waals surface area (Å²) in [6.07, 6.45) is 0. The standard InChI is InChI=1S/C21H26ClN3O2/c1-14-7-5-8-15(2)20(14)24-19(26)12-23-21(27)16(3)25(4)13-17-9-6-10-18(22)11-17/h5-11,16H,12-13H2,1-4H3,(H,23,27)(H,24,26). The molecular formula is C21H26ClN3O2. The minimum Gasteiger partial charge on any atom is -0.346 e. The molecule has 0 aromatic heterocycles. The van der Waals surface area contributed by atoms with E-state index in [1.807, 2.05) is 75.2 Å². The first-order valence-electron chi connectivity index (χ1n) is 8.86. The number of amides is 2. The van der Waals surface area contributed by atoms with Gasteiger partial charge >= 0.3 is 0 Å². The van der Waals surface area contributed by atoms with Crippen molar-refractivity contribution < 1.29 is 9.59 Å². The van der Waals surface area contributed by atoms with Crippen LogP contribution in [0.2, 0.25) is 5.02 Å². The maximum atomic E-state index is 12.4. The van der Waals surface area contributed by atoms with Crippen molar-refractivity contribution in [3.8, 4) is 0 Å². The third-order valence-corrected chi connectivity index (χ3v) is 4.77. The number of aryl methyl sites for hydroxylation is 2. The molecule has 0 fully saturated rings. The van der Waals surface area contributed by atoms with Gasteiger partial charge in [0.05, 0.1) is 12.6 Å². The molecule has 2 aromatic rings. The third kappa shape index (κ3) is 6.08. The van der Waals surface area contributed by atoms with E-state index in [1.54, 1.807) is 0 Å². The maximum absolute atomic E-state index is 12.4. The Hall–Kier alpha value is -2.37. The molecular weight excluding hydrogens is 362 g/mol. The van der Waals surface area contributed by atoms with Gasteiger partial charge in [-0.2, -0.15) is 0 Å². The van der Waals surface area contributed by atoms with Gasteiger partial charge in [0.15, 0.2) is 0 Å². The molecule has 0 saturated heterocycles. The van der Waals surface area contributed by atoms with Crippen molar-refractivity contribution in [3.63, 3.8) is 0 Å². The molecule has 0 saturated carbocycles. The number of carbonyl (C=O) groups excluding carboxylic acids is 2. The Balaban J connectivity index is 1.86. The number of nitrogens with zero attached hydrogens (tertiary/aromatic N) is 1. The Kier molecular flexibility index (Phi) is 7.39. The zero-order chi connectivity index (χ0) is 20.0. The molecule has 0 aliphatic rings. The number of anilines is 1. The molecule has 6 heteroatoms. The summed E-state index contributed by atoms with van der Waals surface area (Å²) in [4.78, 5) is 26.5. The van der Waals surface area contributed by atoms with Crippen LogP contribution >= 0.6 is 11.6 Å². The molecule has 2 amide bonds. The second kappa shape index (κ2) is 9.53. The number of likely N-dealkylation sites (N-methyl/N-ethyl adjacent to an activating group) is 1. The lowest BCUT2D eigenvalue weighted by atomic mass is 10.1. The molecule has 1 atom stereocenters. The summed E-state index contributed by atoms with van der Waals surface area (Å²) in [5, 5.41) is 6.23. The predicted octanol–water partition coefficient (Wildman–Crippen LogP) is 3.53. The van der Waals surface area contributed by atoms with E-state index in [0.717, 1.165) is 22.4 Å². The molecule has 2 aromatic carbocycles. The fourth-order valence-corrected chi connectivity index (χ4v) is 2.98. The monoisotopic (exact) mass is 387 g/mol. The smallest absolute Gasteiger partial charge is 0.243 e. The van der Waals surface area contributed by atoms with Crippen LogP contribution in [0.25, 0.3) is 0 Å². The van der Waals surface area contributed by atoms with Gasteiger partial charge in [0.2, 0.25) is 11.8 Å². The number of carbonyl (C=O) groups is 2. The molecule has 2 N–H and O–H groups in total. The van der Waals surface area contributed by atoms with Crippen LogP contribution in [-0.4, -0.2) is 36.3 Å². The van der Waals surface area contributed by atoms with Crippen molar-refractivity contribution in [2.75, 3.05) is 18.9 Å². The van der Waals surface area contributed by atoms with Crippen LogP contribution in [0.5, 0.6) is 0 Å². The highest BCUT2D eigenvalue weighted by atomic mass is 35.5. The lowest BCUT2D eigenvalue weighted by Crippen LogP contribution is -2.45. The number of benzene rings is 2. The summed E-state index contributed by atoms with van der Waals surface area (Å²) in [6.45, 7) is 6.21. The van der Waals surface area contributed by atoms with Crippen LogP contribution in [0.15, 0.2) is 42.5 Å². The SMILES string of the molecule is Cc1cccc(C)c1NC(=O)CNC(=O)C(C)N(C)Cc1cccc(Cl)c1. The van der Waals surface area contributed by atoms with Crippen LogP contribution in [0.3, 0.4) is 0 Å². The second-order valence-corrected chi connectivity index (χ2v) is 7.19. The molecule has 27 heavy (non-hydrogen) atoms. The Morgan fingerprint density at radius 1 is 1.11 bits per heavy atom. The minimum absolute atomic E-state index is 0.0675. The van der Waals surface area contributed by atoms with Crippen LogP contribution in [0, 0.1) is 13.8 Å². The van der Waals surface area contributed by atoms with Gasteiger partial charge in [0, 0.05) is 17.3 Å².